The molecule has 1 unspecified atom stereocenters. The van der Waals surface area contributed by atoms with Crippen molar-refractivity contribution in [2.24, 2.45) is 0 Å². The Morgan fingerprint density at radius 1 is 1.73 bits per heavy atom. The molecule has 4 nitrogen and oxygen atoms in total. The Labute approximate surface area is 65.4 Å². The van der Waals surface area contributed by atoms with E-state index in [0.717, 1.165) is 0 Å². The number of carbonyl (C=O) groups excluding carboxylic acids is 1. The second-order valence-corrected chi connectivity index (χ2v) is 2.03. The lowest BCUT2D eigenvalue weighted by Gasteiger charge is -2.12. The topological polar surface area (TPSA) is 55.8 Å². The lowest BCUT2D eigenvalue weighted by Crippen LogP contribution is -2.23. The highest BCUT2D eigenvalue weighted by atomic mass is 16.7. The number of ether oxygens (including phenoxy) is 2. The normalized spacial score (nSPS) is 12.3. The van der Waals surface area contributed by atoms with Gasteiger partial charge < -0.3 is 14.6 Å². The first kappa shape index (κ1) is 10.1. The molecular formula is C7H12O4. The molecule has 0 aliphatic rings. The van der Waals surface area contributed by atoms with E-state index in [-0.39, 0.29) is 12.2 Å². The highest BCUT2D eigenvalue weighted by Crippen LogP contribution is 1.98. The first-order chi connectivity index (χ1) is 5.11. The van der Waals surface area contributed by atoms with Gasteiger partial charge in [-0.05, 0) is 6.92 Å². The van der Waals surface area contributed by atoms with Gasteiger partial charge in [-0.3, -0.25) is 0 Å². The third kappa shape index (κ3) is 3.75. The second-order valence-electron chi connectivity index (χ2n) is 2.03. The Kier molecular flexibility index (Phi) is 4.49. The zero-order chi connectivity index (χ0) is 8.85. The molecule has 0 aromatic carbocycles. The van der Waals surface area contributed by atoms with Crippen LogP contribution in [0.4, 0.5) is 0 Å². The maximum Gasteiger partial charge on any atom is 0.335 e. The molecule has 1 N–H and O–H groups in total. The first-order valence-electron chi connectivity index (χ1n) is 3.12. The van der Waals surface area contributed by atoms with Crippen LogP contribution in [0.15, 0.2) is 12.2 Å². The maximum absolute atomic E-state index is 10.8. The minimum absolute atomic E-state index is 0.278. The zero-order valence-corrected chi connectivity index (χ0v) is 6.66. The van der Waals surface area contributed by atoms with E-state index < -0.39 is 12.3 Å². The van der Waals surface area contributed by atoms with Gasteiger partial charge in [0.2, 0.25) is 6.29 Å². The molecule has 0 heterocycles. The summed E-state index contributed by atoms with van der Waals surface area (Å²) in [6.45, 7) is 4.53. The summed E-state index contributed by atoms with van der Waals surface area (Å²) in [5, 5.41) is 8.52. The Hall–Kier alpha value is -0.870. The van der Waals surface area contributed by atoms with Crippen LogP contribution >= 0.6 is 0 Å². The lowest BCUT2D eigenvalue weighted by atomic mass is 10.4. The van der Waals surface area contributed by atoms with Crippen molar-refractivity contribution >= 4 is 5.97 Å². The van der Waals surface area contributed by atoms with Crippen molar-refractivity contribution in [2.45, 2.75) is 13.2 Å². The number of carbonyl (C=O) groups is 1. The summed E-state index contributed by atoms with van der Waals surface area (Å²) >= 11 is 0. The van der Waals surface area contributed by atoms with Crippen LogP contribution in [-0.4, -0.2) is 31.1 Å². The van der Waals surface area contributed by atoms with E-state index in [1.165, 1.54) is 14.0 Å². The third-order valence-electron chi connectivity index (χ3n) is 0.999. The van der Waals surface area contributed by atoms with Crippen LogP contribution < -0.4 is 0 Å². The Bertz CT molecular complexity index is 149. The molecule has 0 saturated heterocycles. The molecule has 4 heteroatoms. The Balaban J connectivity index is 3.81. The SMILES string of the molecule is C=C(C)C(=O)OC(CO)OC. The zero-order valence-electron chi connectivity index (χ0n) is 6.66. The minimum Gasteiger partial charge on any atom is -0.430 e. The summed E-state index contributed by atoms with van der Waals surface area (Å²) in [4.78, 5) is 10.8. The molecule has 0 aromatic heterocycles. The fourth-order valence-corrected chi connectivity index (χ4v) is 0.380. The molecule has 0 saturated carbocycles. The maximum atomic E-state index is 10.8. The van der Waals surface area contributed by atoms with Gasteiger partial charge in [0.15, 0.2) is 0 Å². The molecule has 0 bridgehead atoms. The van der Waals surface area contributed by atoms with Crippen LogP contribution in [0.3, 0.4) is 0 Å². The molecule has 0 radical (unpaired) electrons. The first-order valence-corrected chi connectivity index (χ1v) is 3.12. The van der Waals surface area contributed by atoms with E-state index in [1.807, 2.05) is 0 Å². The fourth-order valence-electron chi connectivity index (χ4n) is 0.380. The monoisotopic (exact) mass is 160 g/mol. The number of methoxy groups -OCH3 is 1. The Morgan fingerprint density at radius 2 is 2.27 bits per heavy atom. The summed E-state index contributed by atoms with van der Waals surface area (Å²) in [6, 6.07) is 0. The highest BCUT2D eigenvalue weighted by molar-refractivity contribution is 5.86. The molecule has 0 rings (SSSR count). The lowest BCUT2D eigenvalue weighted by molar-refractivity contribution is -0.175. The number of aliphatic hydroxyl groups excluding tert-OH is 1. The van der Waals surface area contributed by atoms with Gasteiger partial charge in [-0.25, -0.2) is 4.79 Å². The molecule has 0 aromatic rings. The average Bonchev–Trinajstić information content (AvgIpc) is 1.99. The van der Waals surface area contributed by atoms with Gasteiger partial charge in [0.1, 0.15) is 6.61 Å². The summed E-state index contributed by atoms with van der Waals surface area (Å²) in [5.74, 6) is -0.564. The van der Waals surface area contributed by atoms with E-state index in [9.17, 15) is 4.79 Å². The van der Waals surface area contributed by atoms with E-state index in [1.54, 1.807) is 0 Å². The van der Waals surface area contributed by atoms with Crippen molar-refractivity contribution < 1.29 is 19.4 Å². The molecule has 0 amide bonds. The van der Waals surface area contributed by atoms with Crippen LogP contribution in [0.25, 0.3) is 0 Å². The number of hydrogen-bond acceptors (Lipinski definition) is 4. The molecule has 64 valence electrons. The van der Waals surface area contributed by atoms with E-state index in [2.05, 4.69) is 16.1 Å². The molecule has 0 aliphatic heterocycles. The fraction of sp³-hybridized carbons (Fsp3) is 0.571. The van der Waals surface area contributed by atoms with Crippen molar-refractivity contribution in [3.05, 3.63) is 12.2 Å². The van der Waals surface area contributed by atoms with Crippen molar-refractivity contribution in [1.82, 2.24) is 0 Å². The van der Waals surface area contributed by atoms with Gasteiger partial charge in [0, 0.05) is 12.7 Å². The number of aliphatic hydroxyl groups is 1. The quantitative estimate of drug-likeness (QED) is 0.359. The standard InChI is InChI=1S/C7H12O4/c1-5(2)7(9)11-6(4-8)10-3/h6,8H,1,4H2,2-3H3. The van der Waals surface area contributed by atoms with Gasteiger partial charge in [0.25, 0.3) is 0 Å². The van der Waals surface area contributed by atoms with Gasteiger partial charge in [0.05, 0.1) is 0 Å². The van der Waals surface area contributed by atoms with Crippen LogP contribution in [0.2, 0.25) is 0 Å². The minimum atomic E-state index is -0.890. The van der Waals surface area contributed by atoms with Crippen LogP contribution in [0, 0.1) is 0 Å². The van der Waals surface area contributed by atoms with Crippen molar-refractivity contribution in [3.63, 3.8) is 0 Å². The summed E-state index contributed by atoms with van der Waals surface area (Å²) in [6.07, 6.45) is -0.890. The molecule has 1 atom stereocenters. The molecule has 0 fully saturated rings. The number of rotatable bonds is 4. The van der Waals surface area contributed by atoms with Gasteiger partial charge >= 0.3 is 5.97 Å². The average molecular weight is 160 g/mol. The van der Waals surface area contributed by atoms with Crippen LogP contribution in [-0.2, 0) is 14.3 Å². The largest absolute Gasteiger partial charge is 0.430 e. The van der Waals surface area contributed by atoms with Gasteiger partial charge in [-0.15, -0.1) is 0 Å². The van der Waals surface area contributed by atoms with Crippen molar-refractivity contribution in [3.8, 4) is 0 Å². The number of esters is 1. The van der Waals surface area contributed by atoms with Crippen molar-refractivity contribution in [1.29, 1.82) is 0 Å². The Morgan fingerprint density at radius 3 is 2.55 bits per heavy atom. The van der Waals surface area contributed by atoms with Crippen molar-refractivity contribution in [2.75, 3.05) is 13.7 Å². The van der Waals surface area contributed by atoms with E-state index in [4.69, 9.17) is 5.11 Å². The van der Waals surface area contributed by atoms with Crippen LogP contribution in [0.5, 0.6) is 0 Å². The molecule has 0 aliphatic carbocycles. The van der Waals surface area contributed by atoms with Gasteiger partial charge in [-0.2, -0.15) is 0 Å². The van der Waals surface area contributed by atoms with Gasteiger partial charge in [-0.1, -0.05) is 6.58 Å². The van der Waals surface area contributed by atoms with Crippen LogP contribution in [0.1, 0.15) is 6.92 Å². The molecular weight excluding hydrogens is 148 g/mol. The highest BCUT2D eigenvalue weighted by Gasteiger charge is 2.11. The molecule has 11 heavy (non-hydrogen) atoms. The molecule has 0 spiro atoms. The predicted octanol–water partition coefficient (Wildman–Crippen LogP) is 0.0705. The number of hydrogen-bond donors (Lipinski definition) is 1. The second kappa shape index (κ2) is 4.87. The van der Waals surface area contributed by atoms with E-state index >= 15 is 0 Å². The third-order valence-corrected chi connectivity index (χ3v) is 0.999. The smallest absolute Gasteiger partial charge is 0.335 e. The summed E-state index contributed by atoms with van der Waals surface area (Å²) in [7, 11) is 1.34. The predicted molar refractivity (Wildman–Crippen MR) is 38.8 cm³/mol. The van der Waals surface area contributed by atoms with E-state index in [0.29, 0.717) is 0 Å². The summed E-state index contributed by atoms with van der Waals surface area (Å²) < 4.78 is 9.19. The summed E-state index contributed by atoms with van der Waals surface area (Å²) in [5.41, 5.74) is 0.278.